The third-order valence-corrected chi connectivity index (χ3v) is 4.34. The molecule has 1 heterocycles. The van der Waals surface area contributed by atoms with E-state index in [9.17, 15) is 19.8 Å². The largest absolute Gasteiger partial charge is 0.478 e. The second-order valence-corrected chi connectivity index (χ2v) is 6.18. The summed E-state index contributed by atoms with van der Waals surface area (Å²) in [5, 5.41) is 18.6. The second-order valence-electron chi connectivity index (χ2n) is 6.18. The lowest BCUT2D eigenvalue weighted by molar-refractivity contribution is 0.0686. The van der Waals surface area contributed by atoms with Crippen LogP contribution in [0.4, 0.5) is 0 Å². The molecule has 0 bridgehead atoms. The van der Waals surface area contributed by atoms with Crippen molar-refractivity contribution in [2.24, 2.45) is 0 Å². The number of fused-ring (bicyclic) bond motifs is 1. The van der Waals surface area contributed by atoms with Gasteiger partial charge in [0.2, 0.25) is 0 Å². The summed E-state index contributed by atoms with van der Waals surface area (Å²) in [6.45, 7) is 0. The van der Waals surface area contributed by atoms with E-state index in [1.165, 1.54) is 24.3 Å². The lowest BCUT2D eigenvalue weighted by Gasteiger charge is -2.11. The summed E-state index contributed by atoms with van der Waals surface area (Å²) >= 11 is 0. The third-order valence-electron chi connectivity index (χ3n) is 4.34. The van der Waals surface area contributed by atoms with E-state index >= 15 is 0 Å². The highest BCUT2D eigenvalue weighted by Gasteiger charge is 2.15. The maximum absolute atomic E-state index is 11.4. The van der Waals surface area contributed by atoms with Gasteiger partial charge < -0.3 is 10.2 Å². The minimum absolute atomic E-state index is 0.111. The van der Waals surface area contributed by atoms with Gasteiger partial charge in [0, 0.05) is 11.1 Å². The van der Waals surface area contributed by atoms with Gasteiger partial charge in [0.15, 0.2) is 0 Å². The van der Waals surface area contributed by atoms with Crippen molar-refractivity contribution < 1.29 is 19.8 Å². The zero-order valence-electron chi connectivity index (χ0n) is 14.5. The van der Waals surface area contributed by atoms with Gasteiger partial charge in [-0.2, -0.15) is 0 Å². The van der Waals surface area contributed by atoms with Crippen molar-refractivity contribution in [3.05, 3.63) is 83.9 Å². The van der Waals surface area contributed by atoms with Crippen LogP contribution in [0.5, 0.6) is 0 Å². The number of carboxylic acids is 2. The van der Waals surface area contributed by atoms with Gasteiger partial charge >= 0.3 is 11.9 Å². The number of hydrogen-bond acceptors (Lipinski definition) is 4. The SMILES string of the molecule is O=C(O)c1cccc(-c2nc3cc(C(=O)O)ccc3nc2-c2ccccc2)c1. The molecule has 28 heavy (non-hydrogen) atoms. The summed E-state index contributed by atoms with van der Waals surface area (Å²) in [6.07, 6.45) is 0. The first-order chi connectivity index (χ1) is 13.5. The topological polar surface area (TPSA) is 100 Å². The lowest BCUT2D eigenvalue weighted by atomic mass is 10.0. The Kier molecular flexibility index (Phi) is 4.29. The van der Waals surface area contributed by atoms with E-state index in [0.29, 0.717) is 28.0 Å². The zero-order chi connectivity index (χ0) is 19.7. The average molecular weight is 370 g/mol. The van der Waals surface area contributed by atoms with Gasteiger partial charge in [0.25, 0.3) is 0 Å². The van der Waals surface area contributed by atoms with Gasteiger partial charge in [-0.25, -0.2) is 19.6 Å². The first-order valence-corrected chi connectivity index (χ1v) is 8.47. The Morgan fingerprint density at radius 3 is 1.93 bits per heavy atom. The molecule has 136 valence electrons. The Balaban J connectivity index is 2.02. The third kappa shape index (κ3) is 3.19. The van der Waals surface area contributed by atoms with Crippen LogP contribution >= 0.6 is 0 Å². The van der Waals surface area contributed by atoms with Crippen molar-refractivity contribution in [2.45, 2.75) is 0 Å². The van der Waals surface area contributed by atoms with Crippen LogP contribution < -0.4 is 0 Å². The molecule has 0 atom stereocenters. The molecule has 0 saturated heterocycles. The number of benzene rings is 3. The monoisotopic (exact) mass is 370 g/mol. The molecule has 6 nitrogen and oxygen atoms in total. The van der Waals surface area contributed by atoms with Crippen molar-refractivity contribution >= 4 is 23.0 Å². The fraction of sp³-hybridized carbons (Fsp3) is 0. The minimum Gasteiger partial charge on any atom is -0.478 e. The molecule has 0 saturated carbocycles. The van der Waals surface area contributed by atoms with E-state index in [0.717, 1.165) is 5.56 Å². The molecular formula is C22H14N2O4. The lowest BCUT2D eigenvalue weighted by Crippen LogP contribution is -2.00. The number of aromatic carboxylic acids is 2. The van der Waals surface area contributed by atoms with E-state index in [4.69, 9.17) is 4.98 Å². The van der Waals surface area contributed by atoms with Crippen LogP contribution in [0.25, 0.3) is 33.5 Å². The van der Waals surface area contributed by atoms with Crippen LogP contribution in [0, 0.1) is 0 Å². The van der Waals surface area contributed by atoms with Gasteiger partial charge in [-0.1, -0.05) is 42.5 Å². The Hall–Kier alpha value is -4.06. The molecular weight excluding hydrogens is 356 g/mol. The average Bonchev–Trinajstić information content (AvgIpc) is 2.73. The highest BCUT2D eigenvalue weighted by molar-refractivity contribution is 5.95. The molecule has 0 unspecified atom stereocenters. The predicted molar refractivity (Wildman–Crippen MR) is 104 cm³/mol. The number of aromatic nitrogens is 2. The Labute approximate surface area is 159 Å². The number of nitrogens with zero attached hydrogens (tertiary/aromatic N) is 2. The normalized spacial score (nSPS) is 10.7. The minimum atomic E-state index is -1.05. The maximum Gasteiger partial charge on any atom is 0.335 e. The number of hydrogen-bond donors (Lipinski definition) is 2. The summed E-state index contributed by atoms with van der Waals surface area (Å²) in [6, 6.07) is 20.5. The fourth-order valence-corrected chi connectivity index (χ4v) is 2.99. The molecule has 4 rings (SSSR count). The first-order valence-electron chi connectivity index (χ1n) is 8.47. The molecule has 6 heteroatoms. The van der Waals surface area contributed by atoms with Crippen molar-refractivity contribution in [1.29, 1.82) is 0 Å². The molecule has 4 aromatic rings. The predicted octanol–water partition coefficient (Wildman–Crippen LogP) is 4.36. The summed E-state index contributed by atoms with van der Waals surface area (Å²) in [7, 11) is 0. The summed E-state index contributed by atoms with van der Waals surface area (Å²) < 4.78 is 0. The van der Waals surface area contributed by atoms with E-state index in [-0.39, 0.29) is 11.1 Å². The fourth-order valence-electron chi connectivity index (χ4n) is 2.99. The van der Waals surface area contributed by atoms with Crippen molar-refractivity contribution in [1.82, 2.24) is 9.97 Å². The quantitative estimate of drug-likeness (QED) is 0.554. The van der Waals surface area contributed by atoms with Crippen molar-refractivity contribution in [3.63, 3.8) is 0 Å². The molecule has 0 aliphatic heterocycles. The Morgan fingerprint density at radius 2 is 1.21 bits per heavy atom. The van der Waals surface area contributed by atoms with E-state index in [1.54, 1.807) is 18.2 Å². The molecule has 0 radical (unpaired) electrons. The number of rotatable bonds is 4. The molecule has 3 aromatic carbocycles. The highest BCUT2D eigenvalue weighted by Crippen LogP contribution is 2.31. The van der Waals surface area contributed by atoms with Crippen LogP contribution in [0.3, 0.4) is 0 Å². The molecule has 2 N–H and O–H groups in total. The van der Waals surface area contributed by atoms with Gasteiger partial charge in [-0.15, -0.1) is 0 Å². The van der Waals surface area contributed by atoms with Crippen molar-refractivity contribution in [2.75, 3.05) is 0 Å². The second kappa shape index (κ2) is 6.92. The van der Waals surface area contributed by atoms with Crippen LogP contribution in [0.1, 0.15) is 20.7 Å². The van der Waals surface area contributed by atoms with E-state index in [1.807, 2.05) is 30.3 Å². The van der Waals surface area contributed by atoms with Crippen molar-refractivity contribution in [3.8, 4) is 22.5 Å². The summed E-state index contributed by atoms with van der Waals surface area (Å²) in [5.41, 5.74) is 3.74. The smallest absolute Gasteiger partial charge is 0.335 e. The van der Waals surface area contributed by atoms with Crippen LogP contribution in [-0.4, -0.2) is 32.1 Å². The Morgan fingerprint density at radius 1 is 0.607 bits per heavy atom. The van der Waals surface area contributed by atoms with E-state index < -0.39 is 11.9 Å². The molecule has 0 spiro atoms. The van der Waals surface area contributed by atoms with E-state index in [2.05, 4.69) is 4.98 Å². The molecule has 0 fully saturated rings. The molecule has 0 amide bonds. The van der Waals surface area contributed by atoms with Crippen LogP contribution in [0.15, 0.2) is 72.8 Å². The number of carboxylic acid groups (broad SMARTS) is 2. The molecule has 1 aromatic heterocycles. The number of carbonyl (C=O) groups is 2. The standard InChI is InChI=1S/C22H14N2O4/c25-21(26)15-8-4-7-14(11-15)20-19(13-5-2-1-3-6-13)23-17-10-9-16(22(27)28)12-18(17)24-20/h1-12H,(H,25,26)(H,27,28). The summed E-state index contributed by atoms with van der Waals surface area (Å²) in [4.78, 5) is 32.0. The molecule has 0 aliphatic carbocycles. The van der Waals surface area contributed by atoms with Gasteiger partial charge in [0.05, 0.1) is 33.5 Å². The van der Waals surface area contributed by atoms with Gasteiger partial charge in [-0.3, -0.25) is 0 Å². The van der Waals surface area contributed by atoms with Crippen LogP contribution in [0.2, 0.25) is 0 Å². The maximum atomic E-state index is 11.4. The first kappa shape index (κ1) is 17.4. The van der Waals surface area contributed by atoms with Gasteiger partial charge in [-0.05, 0) is 30.3 Å². The zero-order valence-corrected chi connectivity index (χ0v) is 14.5. The van der Waals surface area contributed by atoms with Crippen LogP contribution in [-0.2, 0) is 0 Å². The summed E-state index contributed by atoms with van der Waals surface area (Å²) in [5.74, 6) is -2.09. The molecule has 0 aliphatic rings. The Bertz CT molecular complexity index is 1220. The van der Waals surface area contributed by atoms with Gasteiger partial charge in [0.1, 0.15) is 0 Å². The highest BCUT2D eigenvalue weighted by atomic mass is 16.4.